The third kappa shape index (κ3) is 4.06. The summed E-state index contributed by atoms with van der Waals surface area (Å²) in [6.45, 7) is 0.978. The van der Waals surface area contributed by atoms with Crippen LogP contribution in [-0.4, -0.2) is 43.1 Å². The minimum atomic E-state index is -1.32. The number of rotatable bonds is 8. The van der Waals surface area contributed by atoms with Gasteiger partial charge in [-0.2, -0.15) is 0 Å². The number of aromatic carboxylic acids is 1. The van der Waals surface area contributed by atoms with Crippen LogP contribution in [0.1, 0.15) is 27.9 Å². The fourth-order valence-electron chi connectivity index (χ4n) is 3.46. The van der Waals surface area contributed by atoms with E-state index in [4.69, 9.17) is 30.5 Å². The van der Waals surface area contributed by atoms with Crippen LogP contribution in [0.5, 0.6) is 17.2 Å². The summed E-state index contributed by atoms with van der Waals surface area (Å²) in [5, 5.41) is 11.7. The molecule has 1 atom stereocenters. The van der Waals surface area contributed by atoms with E-state index in [2.05, 4.69) is 0 Å². The van der Waals surface area contributed by atoms with E-state index in [0.717, 1.165) is 0 Å². The Morgan fingerprint density at radius 3 is 2.72 bits per heavy atom. The van der Waals surface area contributed by atoms with E-state index in [-0.39, 0.29) is 5.56 Å². The highest BCUT2D eigenvalue weighted by Gasteiger charge is 2.31. The van der Waals surface area contributed by atoms with Crippen molar-refractivity contribution in [1.82, 2.24) is 4.57 Å². The minimum absolute atomic E-state index is 0.358. The third-order valence-corrected chi connectivity index (χ3v) is 6.35. The van der Waals surface area contributed by atoms with Crippen molar-refractivity contribution in [3.63, 3.8) is 0 Å². The Kier molecular flexibility index (Phi) is 6.40. The van der Waals surface area contributed by atoms with E-state index in [1.54, 1.807) is 29.9 Å². The summed E-state index contributed by atoms with van der Waals surface area (Å²) in [6.07, 6.45) is 1.23. The van der Waals surface area contributed by atoms with Gasteiger partial charge < -0.3 is 28.6 Å². The van der Waals surface area contributed by atoms with Crippen LogP contribution >= 0.6 is 22.9 Å². The Hall–Kier alpha value is -3.01. The van der Waals surface area contributed by atoms with Gasteiger partial charge >= 0.3 is 5.97 Å². The lowest BCUT2D eigenvalue weighted by atomic mass is 10.0. The SMILES string of the molecule is COCCCOc1cc2c(cc1OC)-c1cc(=O)c(C(=O)O)cn1[C@H](c1sccc1Cl)O2. The first kappa shape index (κ1) is 22.2. The van der Waals surface area contributed by atoms with Crippen molar-refractivity contribution >= 4 is 28.9 Å². The lowest BCUT2D eigenvalue weighted by molar-refractivity contribution is 0.0693. The van der Waals surface area contributed by atoms with Crippen LogP contribution in [0, 0.1) is 0 Å². The van der Waals surface area contributed by atoms with Gasteiger partial charge in [0, 0.05) is 44.0 Å². The number of hydrogen-bond donors (Lipinski definition) is 1. The number of aromatic nitrogens is 1. The molecule has 0 bridgehead atoms. The zero-order valence-electron chi connectivity index (χ0n) is 17.3. The fraction of sp³-hybridized carbons (Fsp3) is 0.273. The summed E-state index contributed by atoms with van der Waals surface area (Å²) in [4.78, 5) is 24.8. The Morgan fingerprint density at radius 2 is 2.06 bits per heavy atom. The molecule has 168 valence electrons. The maximum atomic E-state index is 12.5. The molecule has 0 aliphatic carbocycles. The zero-order valence-corrected chi connectivity index (χ0v) is 18.9. The predicted octanol–water partition coefficient (Wildman–Crippen LogP) is 4.29. The standard InChI is InChI=1S/C22H20ClNO7S/c1-28-5-3-6-30-19-10-17-12(8-18(19)29-2)15-9-16(25)13(22(26)27)11-24(15)21(31-17)20-14(23)4-7-32-20/h4,7-11,21H,3,5-6H2,1-2H3,(H,26,27)/t21-/m0/s1. The first-order valence-corrected chi connectivity index (χ1v) is 10.9. The average molecular weight is 478 g/mol. The molecule has 1 aliphatic heterocycles. The Morgan fingerprint density at radius 1 is 1.25 bits per heavy atom. The van der Waals surface area contributed by atoms with Crippen LogP contribution in [-0.2, 0) is 4.74 Å². The molecule has 8 nitrogen and oxygen atoms in total. The third-order valence-electron chi connectivity index (χ3n) is 4.96. The second kappa shape index (κ2) is 9.23. The molecule has 1 N–H and O–H groups in total. The van der Waals surface area contributed by atoms with E-state index in [0.29, 0.717) is 58.0 Å². The van der Waals surface area contributed by atoms with Crippen LogP contribution in [0.15, 0.2) is 40.6 Å². The van der Waals surface area contributed by atoms with Crippen molar-refractivity contribution in [1.29, 1.82) is 0 Å². The van der Waals surface area contributed by atoms with Gasteiger partial charge in [-0.05, 0) is 17.5 Å². The Bertz CT molecular complexity index is 1220. The van der Waals surface area contributed by atoms with Crippen molar-refractivity contribution in [3.8, 4) is 28.5 Å². The van der Waals surface area contributed by atoms with E-state index in [9.17, 15) is 14.7 Å². The van der Waals surface area contributed by atoms with Gasteiger partial charge in [0.05, 0.1) is 29.3 Å². The van der Waals surface area contributed by atoms with Gasteiger partial charge in [0.15, 0.2) is 16.9 Å². The maximum Gasteiger partial charge on any atom is 0.341 e. The van der Waals surface area contributed by atoms with Gasteiger partial charge in [0.2, 0.25) is 6.23 Å². The van der Waals surface area contributed by atoms with E-state index < -0.39 is 17.6 Å². The number of benzene rings is 1. The van der Waals surface area contributed by atoms with Gasteiger partial charge in [0.1, 0.15) is 11.3 Å². The highest BCUT2D eigenvalue weighted by Crippen LogP contribution is 2.47. The van der Waals surface area contributed by atoms with Crippen molar-refractivity contribution in [2.45, 2.75) is 12.6 Å². The largest absolute Gasteiger partial charge is 0.493 e. The maximum absolute atomic E-state index is 12.5. The molecule has 0 fully saturated rings. The molecule has 0 amide bonds. The molecule has 3 aromatic rings. The van der Waals surface area contributed by atoms with Crippen LogP contribution in [0.2, 0.25) is 5.02 Å². The number of carbonyl (C=O) groups is 1. The molecule has 4 rings (SSSR count). The first-order chi connectivity index (χ1) is 15.4. The predicted molar refractivity (Wildman–Crippen MR) is 120 cm³/mol. The normalized spacial score (nSPS) is 14.3. The lowest BCUT2D eigenvalue weighted by Gasteiger charge is -2.31. The minimum Gasteiger partial charge on any atom is -0.493 e. The summed E-state index contributed by atoms with van der Waals surface area (Å²) in [7, 11) is 3.14. The number of pyridine rings is 1. The molecule has 32 heavy (non-hydrogen) atoms. The summed E-state index contributed by atoms with van der Waals surface area (Å²) < 4.78 is 24.2. The van der Waals surface area contributed by atoms with Crippen LogP contribution < -0.4 is 19.6 Å². The number of carboxylic acids is 1. The molecular formula is C22H20ClNO7S. The molecule has 3 heterocycles. The number of carboxylic acid groups (broad SMARTS) is 1. The molecule has 1 aromatic carbocycles. The number of halogens is 1. The van der Waals surface area contributed by atoms with Crippen molar-refractivity contribution in [2.75, 3.05) is 27.4 Å². The number of ether oxygens (including phenoxy) is 4. The number of hydrogen-bond acceptors (Lipinski definition) is 7. The molecule has 0 unspecified atom stereocenters. The smallest absolute Gasteiger partial charge is 0.341 e. The fourth-order valence-corrected chi connectivity index (χ4v) is 4.63. The summed E-state index contributed by atoms with van der Waals surface area (Å²) in [5.74, 6) is 0.0870. The highest BCUT2D eigenvalue weighted by molar-refractivity contribution is 7.10. The lowest BCUT2D eigenvalue weighted by Crippen LogP contribution is -2.27. The molecule has 2 aromatic heterocycles. The second-order valence-corrected chi connectivity index (χ2v) is 8.30. The number of methoxy groups -OCH3 is 2. The van der Waals surface area contributed by atoms with E-state index >= 15 is 0 Å². The Labute approximate surface area is 192 Å². The topological polar surface area (TPSA) is 96.2 Å². The first-order valence-electron chi connectivity index (χ1n) is 9.67. The highest BCUT2D eigenvalue weighted by atomic mass is 35.5. The molecular weight excluding hydrogens is 458 g/mol. The van der Waals surface area contributed by atoms with E-state index in [1.807, 2.05) is 5.38 Å². The van der Waals surface area contributed by atoms with E-state index in [1.165, 1.54) is 30.7 Å². The van der Waals surface area contributed by atoms with Gasteiger partial charge in [0.25, 0.3) is 0 Å². The van der Waals surface area contributed by atoms with Crippen LogP contribution in [0.3, 0.4) is 0 Å². The van der Waals surface area contributed by atoms with Gasteiger partial charge in [-0.3, -0.25) is 4.79 Å². The van der Waals surface area contributed by atoms with Crippen molar-refractivity contribution < 1.29 is 28.8 Å². The van der Waals surface area contributed by atoms with Crippen molar-refractivity contribution in [3.05, 3.63) is 61.5 Å². The average Bonchev–Trinajstić information content (AvgIpc) is 3.20. The summed E-state index contributed by atoms with van der Waals surface area (Å²) in [6, 6.07) is 6.44. The van der Waals surface area contributed by atoms with Crippen molar-refractivity contribution in [2.24, 2.45) is 0 Å². The van der Waals surface area contributed by atoms with Crippen LogP contribution in [0.4, 0.5) is 0 Å². The number of nitrogens with zero attached hydrogens (tertiary/aromatic N) is 1. The molecule has 10 heteroatoms. The van der Waals surface area contributed by atoms with Gasteiger partial charge in [-0.25, -0.2) is 4.79 Å². The molecule has 0 spiro atoms. The van der Waals surface area contributed by atoms with Gasteiger partial charge in [-0.15, -0.1) is 11.3 Å². The number of fused-ring (bicyclic) bond motifs is 3. The zero-order chi connectivity index (χ0) is 22.8. The van der Waals surface area contributed by atoms with Crippen LogP contribution in [0.25, 0.3) is 11.3 Å². The van der Waals surface area contributed by atoms with Gasteiger partial charge in [-0.1, -0.05) is 11.6 Å². The second-order valence-electron chi connectivity index (χ2n) is 6.95. The molecule has 0 saturated heterocycles. The molecule has 1 aliphatic rings. The number of thiophene rings is 1. The Balaban J connectivity index is 1.86. The summed E-state index contributed by atoms with van der Waals surface area (Å²) >= 11 is 7.73. The molecule has 0 saturated carbocycles. The molecule has 0 radical (unpaired) electrons. The monoisotopic (exact) mass is 477 g/mol. The summed E-state index contributed by atoms with van der Waals surface area (Å²) in [5.41, 5.74) is 0.0963. The quantitative estimate of drug-likeness (QED) is 0.483.